The Morgan fingerprint density at radius 3 is 2.00 bits per heavy atom. The van der Waals surface area contributed by atoms with Crippen molar-refractivity contribution >= 4 is 0 Å². The van der Waals surface area contributed by atoms with Crippen LogP contribution >= 0.6 is 0 Å². The summed E-state index contributed by atoms with van der Waals surface area (Å²) in [5.74, 6) is 0. The lowest BCUT2D eigenvalue weighted by Gasteiger charge is -2.05. The molecule has 0 aromatic rings. The number of azide groups is 1. The summed E-state index contributed by atoms with van der Waals surface area (Å²) in [5, 5.41) is 6.74. The lowest BCUT2D eigenvalue weighted by molar-refractivity contribution is 0.518. The van der Waals surface area contributed by atoms with Gasteiger partial charge in [-0.2, -0.15) is 4.91 Å². The Labute approximate surface area is 109 Å². The van der Waals surface area contributed by atoms with Crippen LogP contribution in [0, 0.1) is 4.91 Å². The van der Waals surface area contributed by atoms with Gasteiger partial charge < -0.3 is 0 Å². The van der Waals surface area contributed by atoms with E-state index >= 15 is 0 Å². The highest BCUT2D eigenvalue weighted by atomic mass is 16.3. The molecule has 1 rings (SSSR count). The normalized spacial score (nSPS) is 16.0. The third-order valence-electron chi connectivity index (χ3n) is 3.73. The number of nitroso groups, excluding NO2 is 1. The van der Waals surface area contributed by atoms with Crippen molar-refractivity contribution in [3.63, 3.8) is 0 Å². The van der Waals surface area contributed by atoms with E-state index in [0.29, 0.717) is 6.54 Å². The fourth-order valence-corrected chi connectivity index (χ4v) is 2.27. The lowest BCUT2D eigenvalue weighted by atomic mass is 10.0. The van der Waals surface area contributed by atoms with Gasteiger partial charge in [0, 0.05) is 11.5 Å². The molecule has 0 saturated heterocycles. The van der Waals surface area contributed by atoms with E-state index in [1.807, 2.05) is 0 Å². The summed E-state index contributed by atoms with van der Waals surface area (Å²) in [6.07, 6.45) is 12.7. The number of hydrogen-bond donors (Lipinski definition) is 0. The molecule has 0 N–H and O–H groups in total. The maximum atomic E-state index is 10.5. The van der Waals surface area contributed by atoms with E-state index in [9.17, 15) is 4.91 Å². The van der Waals surface area contributed by atoms with Crippen molar-refractivity contribution < 1.29 is 0 Å². The van der Waals surface area contributed by atoms with E-state index in [4.69, 9.17) is 5.53 Å². The zero-order valence-corrected chi connectivity index (χ0v) is 11.2. The molecule has 0 spiro atoms. The van der Waals surface area contributed by atoms with Crippen molar-refractivity contribution in [2.24, 2.45) is 10.3 Å². The molecule has 0 bridgehead atoms. The van der Waals surface area contributed by atoms with E-state index < -0.39 is 0 Å². The predicted octanol–water partition coefficient (Wildman–Crippen LogP) is 5.11. The van der Waals surface area contributed by atoms with E-state index in [1.165, 1.54) is 32.1 Å². The summed E-state index contributed by atoms with van der Waals surface area (Å²) in [6, 6.07) is 0. The van der Waals surface area contributed by atoms with E-state index in [1.54, 1.807) is 0 Å². The molecule has 0 radical (unpaired) electrons. The van der Waals surface area contributed by atoms with Crippen LogP contribution in [0.2, 0.25) is 0 Å². The average Bonchev–Trinajstić information content (AvgIpc) is 3.17. The van der Waals surface area contributed by atoms with Crippen LogP contribution in [0.1, 0.15) is 70.6 Å². The van der Waals surface area contributed by atoms with Gasteiger partial charge in [-0.1, -0.05) is 55.2 Å². The molecule has 0 heterocycles. The standard InChI is InChI=1S/C13H24N4O/c14-17-15-12-8-6-4-2-1-3-5-7-9-13(16-18)10-11-13/h1-12H2. The molecule has 1 saturated carbocycles. The first-order valence-electron chi connectivity index (χ1n) is 7.18. The van der Waals surface area contributed by atoms with Crippen LogP contribution in [0.5, 0.6) is 0 Å². The Bertz CT molecular complexity index is 283. The zero-order valence-electron chi connectivity index (χ0n) is 11.2. The summed E-state index contributed by atoms with van der Waals surface area (Å²) in [5.41, 5.74) is 7.96. The minimum Gasteiger partial charge on any atom is -0.150 e. The van der Waals surface area contributed by atoms with Crippen LogP contribution in [0.15, 0.2) is 10.3 Å². The Hall–Kier alpha value is -1.09. The molecular weight excluding hydrogens is 228 g/mol. The first-order chi connectivity index (χ1) is 8.83. The zero-order chi connectivity index (χ0) is 13.1. The van der Waals surface area contributed by atoms with Crippen molar-refractivity contribution in [2.45, 2.75) is 76.2 Å². The Kier molecular flexibility index (Phi) is 7.42. The largest absolute Gasteiger partial charge is 0.150 e. The van der Waals surface area contributed by atoms with Gasteiger partial charge in [0.1, 0.15) is 5.54 Å². The average molecular weight is 252 g/mol. The summed E-state index contributed by atoms with van der Waals surface area (Å²) in [4.78, 5) is 13.3. The number of unbranched alkanes of at least 4 members (excludes halogenated alkanes) is 7. The van der Waals surface area contributed by atoms with E-state index in [-0.39, 0.29) is 5.54 Å². The minimum absolute atomic E-state index is 0.138. The monoisotopic (exact) mass is 252 g/mol. The second kappa shape index (κ2) is 8.92. The number of rotatable bonds is 12. The van der Waals surface area contributed by atoms with Crippen LogP contribution < -0.4 is 0 Å². The van der Waals surface area contributed by atoms with Gasteiger partial charge in [-0.05, 0) is 31.2 Å². The molecule has 0 unspecified atom stereocenters. The van der Waals surface area contributed by atoms with Crippen molar-refractivity contribution in [3.8, 4) is 0 Å². The van der Waals surface area contributed by atoms with E-state index in [2.05, 4.69) is 15.2 Å². The van der Waals surface area contributed by atoms with Gasteiger partial charge in [-0.3, -0.25) is 0 Å². The predicted molar refractivity (Wildman–Crippen MR) is 73.3 cm³/mol. The van der Waals surface area contributed by atoms with Crippen LogP contribution in [-0.4, -0.2) is 12.1 Å². The third-order valence-corrected chi connectivity index (χ3v) is 3.73. The van der Waals surface area contributed by atoms with Crippen LogP contribution in [0.25, 0.3) is 10.4 Å². The van der Waals surface area contributed by atoms with Crippen molar-refractivity contribution in [1.29, 1.82) is 0 Å². The molecule has 0 atom stereocenters. The summed E-state index contributed by atoms with van der Waals surface area (Å²) in [7, 11) is 0. The summed E-state index contributed by atoms with van der Waals surface area (Å²) < 4.78 is 0. The fraction of sp³-hybridized carbons (Fsp3) is 1.00. The number of hydrogen-bond acceptors (Lipinski definition) is 3. The minimum atomic E-state index is -0.138. The van der Waals surface area contributed by atoms with E-state index in [0.717, 1.165) is 38.5 Å². The fourth-order valence-electron chi connectivity index (χ4n) is 2.27. The Morgan fingerprint density at radius 1 is 0.944 bits per heavy atom. The molecule has 102 valence electrons. The molecule has 1 aliphatic carbocycles. The molecule has 5 heteroatoms. The van der Waals surface area contributed by atoms with Gasteiger partial charge in [0.15, 0.2) is 0 Å². The van der Waals surface area contributed by atoms with Gasteiger partial charge in [0.2, 0.25) is 0 Å². The van der Waals surface area contributed by atoms with Crippen molar-refractivity contribution in [1.82, 2.24) is 0 Å². The van der Waals surface area contributed by atoms with Gasteiger partial charge >= 0.3 is 0 Å². The van der Waals surface area contributed by atoms with Gasteiger partial charge in [-0.15, -0.1) is 0 Å². The summed E-state index contributed by atoms with van der Waals surface area (Å²) in [6.45, 7) is 0.636. The highest BCUT2D eigenvalue weighted by Gasteiger charge is 2.43. The molecule has 1 fully saturated rings. The quantitative estimate of drug-likeness (QED) is 0.156. The molecule has 18 heavy (non-hydrogen) atoms. The highest BCUT2D eigenvalue weighted by molar-refractivity contribution is 5.01. The smallest absolute Gasteiger partial charge is 0.103 e. The lowest BCUT2D eigenvalue weighted by Crippen LogP contribution is -2.02. The van der Waals surface area contributed by atoms with Crippen LogP contribution in [-0.2, 0) is 0 Å². The maximum Gasteiger partial charge on any atom is 0.103 e. The molecule has 5 nitrogen and oxygen atoms in total. The Balaban J connectivity index is 1.76. The SMILES string of the molecule is [N-]=[N+]=NCCCCCCCCCCC1(N=O)CC1. The van der Waals surface area contributed by atoms with Crippen LogP contribution in [0.3, 0.4) is 0 Å². The second-order valence-electron chi connectivity index (χ2n) is 5.35. The molecule has 1 aliphatic rings. The van der Waals surface area contributed by atoms with Crippen molar-refractivity contribution in [3.05, 3.63) is 15.3 Å². The first kappa shape index (κ1) is 15.0. The topological polar surface area (TPSA) is 78.2 Å². The highest BCUT2D eigenvalue weighted by Crippen LogP contribution is 2.43. The molecule has 0 aromatic heterocycles. The number of nitrogens with zero attached hydrogens (tertiary/aromatic N) is 4. The van der Waals surface area contributed by atoms with Gasteiger partial charge in [-0.25, -0.2) is 0 Å². The molecule has 0 aromatic carbocycles. The molecular formula is C13H24N4O. The maximum absolute atomic E-state index is 10.5. The first-order valence-corrected chi connectivity index (χ1v) is 7.18. The molecule has 0 amide bonds. The van der Waals surface area contributed by atoms with Gasteiger partial charge in [0.25, 0.3) is 0 Å². The van der Waals surface area contributed by atoms with Crippen LogP contribution in [0.4, 0.5) is 0 Å². The third kappa shape index (κ3) is 6.60. The second-order valence-corrected chi connectivity index (χ2v) is 5.35. The van der Waals surface area contributed by atoms with Gasteiger partial charge in [0.05, 0.1) is 0 Å². The summed E-state index contributed by atoms with van der Waals surface area (Å²) >= 11 is 0. The Morgan fingerprint density at radius 2 is 1.50 bits per heavy atom. The van der Waals surface area contributed by atoms with Crippen molar-refractivity contribution in [2.75, 3.05) is 6.54 Å². The molecule has 0 aliphatic heterocycles.